The Hall–Kier alpha value is -0.670. The first-order valence-electron chi connectivity index (χ1n) is 4.23. The average Bonchev–Trinajstić information content (AvgIpc) is 2.03. The second-order valence-electron chi connectivity index (χ2n) is 3.27. The van der Waals surface area contributed by atoms with Crippen molar-refractivity contribution < 1.29 is 0 Å². The molecule has 3 nitrogen and oxygen atoms in total. The number of rotatable bonds is 3. The fourth-order valence-corrected chi connectivity index (χ4v) is 1.07. The maximum absolute atomic E-state index is 5.42. The smallest absolute Gasteiger partial charge is 0.142 e. The zero-order chi connectivity index (χ0) is 8.97. The van der Waals surface area contributed by atoms with Gasteiger partial charge in [-0.2, -0.15) is 0 Å². The van der Waals surface area contributed by atoms with Crippen LogP contribution in [0.5, 0.6) is 0 Å². The monoisotopic (exact) mass is 201 g/mol. The highest BCUT2D eigenvalue weighted by atomic mass is 35.5. The summed E-state index contributed by atoms with van der Waals surface area (Å²) in [5, 5.41) is 0. The Balaban J connectivity index is 0.00000144. The van der Waals surface area contributed by atoms with E-state index < -0.39 is 0 Å². The second kappa shape index (κ2) is 5.89. The summed E-state index contributed by atoms with van der Waals surface area (Å²) in [4.78, 5) is 8.32. The summed E-state index contributed by atoms with van der Waals surface area (Å²) in [7, 11) is 0. The topological polar surface area (TPSA) is 51.8 Å². The molecule has 1 aromatic rings. The standard InChI is InChI=1S/C9H15N3.ClH/c1-7(2)5-8-3-4-11-9(6-10)12-8;/h3-4,7H,5-6,10H2,1-2H3;1H. The van der Waals surface area contributed by atoms with Gasteiger partial charge in [0.2, 0.25) is 0 Å². The third-order valence-corrected chi connectivity index (χ3v) is 1.56. The first kappa shape index (κ1) is 12.3. The number of hydrogen-bond acceptors (Lipinski definition) is 3. The van der Waals surface area contributed by atoms with E-state index in [0.717, 1.165) is 17.9 Å². The minimum absolute atomic E-state index is 0. The molecule has 0 unspecified atom stereocenters. The van der Waals surface area contributed by atoms with E-state index in [2.05, 4.69) is 23.8 Å². The maximum Gasteiger partial charge on any atom is 0.142 e. The van der Waals surface area contributed by atoms with E-state index >= 15 is 0 Å². The summed E-state index contributed by atoms with van der Waals surface area (Å²) in [6.07, 6.45) is 2.77. The maximum atomic E-state index is 5.42. The lowest BCUT2D eigenvalue weighted by atomic mass is 10.1. The molecule has 0 amide bonds. The lowest BCUT2D eigenvalue weighted by Crippen LogP contribution is -2.06. The van der Waals surface area contributed by atoms with Gasteiger partial charge in [0.05, 0.1) is 6.54 Å². The molecular weight excluding hydrogens is 186 g/mol. The molecule has 0 aliphatic rings. The molecule has 0 atom stereocenters. The Labute approximate surface area is 85.2 Å². The predicted molar refractivity (Wildman–Crippen MR) is 55.7 cm³/mol. The third kappa shape index (κ3) is 4.20. The molecule has 0 aliphatic carbocycles. The highest BCUT2D eigenvalue weighted by Gasteiger charge is 1.99. The fraction of sp³-hybridized carbons (Fsp3) is 0.556. The van der Waals surface area contributed by atoms with Crippen molar-refractivity contribution in [1.82, 2.24) is 9.97 Å². The van der Waals surface area contributed by atoms with Crippen LogP contribution in [0.1, 0.15) is 25.4 Å². The molecule has 1 aromatic heterocycles. The van der Waals surface area contributed by atoms with Crippen molar-refractivity contribution in [2.45, 2.75) is 26.8 Å². The van der Waals surface area contributed by atoms with Crippen LogP contribution in [-0.2, 0) is 13.0 Å². The van der Waals surface area contributed by atoms with Gasteiger partial charge in [0.25, 0.3) is 0 Å². The quantitative estimate of drug-likeness (QED) is 0.808. The van der Waals surface area contributed by atoms with Crippen LogP contribution in [0.15, 0.2) is 12.3 Å². The lowest BCUT2D eigenvalue weighted by Gasteiger charge is -2.04. The normalized spacial score (nSPS) is 9.85. The fourth-order valence-electron chi connectivity index (χ4n) is 1.07. The van der Waals surface area contributed by atoms with Crippen LogP contribution in [0.2, 0.25) is 0 Å². The largest absolute Gasteiger partial charge is 0.324 e. The molecule has 74 valence electrons. The van der Waals surface area contributed by atoms with Crippen LogP contribution < -0.4 is 5.73 Å². The second-order valence-corrected chi connectivity index (χ2v) is 3.27. The Morgan fingerprint density at radius 3 is 2.69 bits per heavy atom. The molecule has 13 heavy (non-hydrogen) atoms. The SMILES string of the molecule is CC(C)Cc1ccnc(CN)n1.Cl. The number of hydrogen-bond donors (Lipinski definition) is 1. The first-order valence-corrected chi connectivity index (χ1v) is 4.23. The van der Waals surface area contributed by atoms with Gasteiger partial charge in [-0.3, -0.25) is 0 Å². The predicted octanol–water partition coefficient (Wildman–Crippen LogP) is 1.56. The van der Waals surface area contributed by atoms with Gasteiger partial charge in [0.1, 0.15) is 5.82 Å². The molecule has 0 spiro atoms. The Bertz CT molecular complexity index is 250. The average molecular weight is 202 g/mol. The molecule has 1 rings (SSSR count). The van der Waals surface area contributed by atoms with Crippen LogP contribution in [0.3, 0.4) is 0 Å². The van der Waals surface area contributed by atoms with E-state index in [0.29, 0.717) is 12.5 Å². The van der Waals surface area contributed by atoms with Crippen LogP contribution in [-0.4, -0.2) is 9.97 Å². The Morgan fingerprint density at radius 2 is 2.15 bits per heavy atom. The van der Waals surface area contributed by atoms with Crippen LogP contribution in [0.25, 0.3) is 0 Å². The molecular formula is C9H16ClN3. The number of aromatic nitrogens is 2. The zero-order valence-electron chi connectivity index (χ0n) is 8.03. The summed E-state index contributed by atoms with van der Waals surface area (Å²) in [5.74, 6) is 1.36. The van der Waals surface area contributed by atoms with Crippen LogP contribution in [0, 0.1) is 5.92 Å². The van der Waals surface area contributed by atoms with Gasteiger partial charge in [-0.25, -0.2) is 9.97 Å². The molecule has 0 radical (unpaired) electrons. The van der Waals surface area contributed by atoms with Gasteiger partial charge in [0.15, 0.2) is 0 Å². The van der Waals surface area contributed by atoms with Crippen molar-refractivity contribution in [3.63, 3.8) is 0 Å². The Morgan fingerprint density at radius 1 is 1.46 bits per heavy atom. The molecule has 4 heteroatoms. The summed E-state index contributed by atoms with van der Waals surface area (Å²) in [5.41, 5.74) is 6.51. The van der Waals surface area contributed by atoms with Gasteiger partial charge in [-0.05, 0) is 18.4 Å². The number of nitrogens with zero attached hydrogens (tertiary/aromatic N) is 2. The molecule has 0 bridgehead atoms. The molecule has 2 N–H and O–H groups in total. The van der Waals surface area contributed by atoms with Crippen LogP contribution >= 0.6 is 12.4 Å². The zero-order valence-corrected chi connectivity index (χ0v) is 8.84. The summed E-state index contributed by atoms with van der Waals surface area (Å²) < 4.78 is 0. The minimum Gasteiger partial charge on any atom is -0.324 e. The van der Waals surface area contributed by atoms with Gasteiger partial charge >= 0.3 is 0 Å². The van der Waals surface area contributed by atoms with Crippen molar-refractivity contribution in [2.24, 2.45) is 11.7 Å². The van der Waals surface area contributed by atoms with E-state index in [1.807, 2.05) is 6.07 Å². The number of nitrogens with two attached hydrogens (primary N) is 1. The molecule has 0 aromatic carbocycles. The molecule has 0 saturated heterocycles. The molecule has 0 saturated carbocycles. The third-order valence-electron chi connectivity index (χ3n) is 1.56. The van der Waals surface area contributed by atoms with Gasteiger partial charge in [-0.1, -0.05) is 13.8 Å². The Kier molecular flexibility index (Phi) is 5.58. The highest BCUT2D eigenvalue weighted by Crippen LogP contribution is 2.04. The number of halogens is 1. The molecule has 0 fully saturated rings. The van der Waals surface area contributed by atoms with Crippen molar-refractivity contribution in [3.05, 3.63) is 23.8 Å². The van der Waals surface area contributed by atoms with E-state index in [9.17, 15) is 0 Å². The first-order chi connectivity index (χ1) is 5.72. The van der Waals surface area contributed by atoms with Crippen molar-refractivity contribution in [3.8, 4) is 0 Å². The van der Waals surface area contributed by atoms with E-state index in [-0.39, 0.29) is 12.4 Å². The van der Waals surface area contributed by atoms with Crippen molar-refractivity contribution in [2.75, 3.05) is 0 Å². The minimum atomic E-state index is 0. The van der Waals surface area contributed by atoms with E-state index in [1.54, 1.807) is 6.20 Å². The van der Waals surface area contributed by atoms with Crippen LogP contribution in [0.4, 0.5) is 0 Å². The molecule has 1 heterocycles. The van der Waals surface area contributed by atoms with Crippen molar-refractivity contribution in [1.29, 1.82) is 0 Å². The molecule has 0 aliphatic heterocycles. The lowest BCUT2D eigenvalue weighted by molar-refractivity contribution is 0.630. The summed E-state index contributed by atoms with van der Waals surface area (Å²) in [6, 6.07) is 1.94. The van der Waals surface area contributed by atoms with Gasteiger partial charge in [-0.15, -0.1) is 12.4 Å². The summed E-state index contributed by atoms with van der Waals surface area (Å²) >= 11 is 0. The van der Waals surface area contributed by atoms with Gasteiger partial charge in [0, 0.05) is 11.9 Å². The van der Waals surface area contributed by atoms with E-state index in [4.69, 9.17) is 5.73 Å². The van der Waals surface area contributed by atoms with E-state index in [1.165, 1.54) is 0 Å². The highest BCUT2D eigenvalue weighted by molar-refractivity contribution is 5.85. The van der Waals surface area contributed by atoms with Crippen molar-refractivity contribution >= 4 is 12.4 Å². The van der Waals surface area contributed by atoms with Gasteiger partial charge < -0.3 is 5.73 Å². The summed E-state index contributed by atoms with van der Waals surface area (Å²) in [6.45, 7) is 4.76.